The Morgan fingerprint density at radius 1 is 0.346 bits per heavy atom. The van der Waals surface area contributed by atoms with Crippen molar-refractivity contribution in [2.24, 2.45) is 0 Å². The summed E-state index contributed by atoms with van der Waals surface area (Å²) in [4.78, 5) is 24.6. The van der Waals surface area contributed by atoms with Crippen molar-refractivity contribution in [2.75, 3.05) is 13.2 Å². The molecule has 0 saturated heterocycles. The van der Waals surface area contributed by atoms with Crippen LogP contribution in [0.1, 0.15) is 406 Å². The van der Waals surface area contributed by atoms with Gasteiger partial charge in [0.05, 0.1) is 25.4 Å². The van der Waals surface area contributed by atoms with Gasteiger partial charge in [-0.3, -0.25) is 9.59 Å². The van der Waals surface area contributed by atoms with Crippen LogP contribution in [0.3, 0.4) is 0 Å². The molecule has 0 fully saturated rings. The molecule has 478 valence electrons. The van der Waals surface area contributed by atoms with Gasteiger partial charge in [-0.1, -0.05) is 365 Å². The van der Waals surface area contributed by atoms with Crippen molar-refractivity contribution in [1.82, 2.24) is 5.32 Å². The number of aliphatic hydroxyl groups excluding tert-OH is 2. The van der Waals surface area contributed by atoms with Crippen molar-refractivity contribution in [1.29, 1.82) is 0 Å². The van der Waals surface area contributed by atoms with Gasteiger partial charge in [-0.15, -0.1) is 0 Å². The average Bonchev–Trinajstić information content (AvgIpc) is 3.47. The van der Waals surface area contributed by atoms with Crippen molar-refractivity contribution in [3.05, 3.63) is 36.5 Å². The maximum atomic E-state index is 12.5. The van der Waals surface area contributed by atoms with Gasteiger partial charge in [-0.25, -0.2) is 0 Å². The molecule has 2 atom stereocenters. The highest BCUT2D eigenvalue weighted by atomic mass is 16.5. The number of hydrogen-bond donors (Lipinski definition) is 3. The van der Waals surface area contributed by atoms with E-state index in [-0.39, 0.29) is 18.5 Å². The van der Waals surface area contributed by atoms with Crippen LogP contribution in [-0.2, 0) is 14.3 Å². The van der Waals surface area contributed by atoms with E-state index in [1.165, 1.54) is 327 Å². The first kappa shape index (κ1) is 79.1. The first-order valence-electron chi connectivity index (χ1n) is 36.8. The molecule has 0 rings (SSSR count). The molecule has 2 unspecified atom stereocenters. The van der Waals surface area contributed by atoms with Crippen LogP contribution in [0, 0.1) is 0 Å². The molecule has 1 amide bonds. The molecular weight excluding hydrogens is 995 g/mol. The smallest absolute Gasteiger partial charge is 0.305 e. The van der Waals surface area contributed by atoms with Gasteiger partial charge >= 0.3 is 5.97 Å². The Bertz CT molecular complexity index is 1310. The summed E-state index contributed by atoms with van der Waals surface area (Å²) in [5.41, 5.74) is 0. The summed E-state index contributed by atoms with van der Waals surface area (Å²) in [6, 6.07) is -0.627. The highest BCUT2D eigenvalue weighted by Crippen LogP contribution is 2.19. The fraction of sp³-hybridized carbons (Fsp3) is 0.893. The van der Waals surface area contributed by atoms with Gasteiger partial charge in [0, 0.05) is 12.8 Å². The van der Waals surface area contributed by atoms with E-state index >= 15 is 0 Å². The molecule has 0 saturated carbocycles. The van der Waals surface area contributed by atoms with E-state index in [0.29, 0.717) is 19.4 Å². The van der Waals surface area contributed by atoms with Crippen molar-refractivity contribution in [2.45, 2.75) is 418 Å². The van der Waals surface area contributed by atoms with Crippen LogP contribution < -0.4 is 5.32 Å². The molecule has 0 aliphatic heterocycles. The number of carbonyl (C=O) groups is 2. The lowest BCUT2D eigenvalue weighted by Crippen LogP contribution is -2.45. The summed E-state index contributed by atoms with van der Waals surface area (Å²) < 4.78 is 5.51. The number of nitrogens with one attached hydrogen (secondary N) is 1. The number of unbranched alkanes of at least 4 members (excludes halogenated alkanes) is 54. The summed E-state index contributed by atoms with van der Waals surface area (Å²) >= 11 is 0. The van der Waals surface area contributed by atoms with Gasteiger partial charge in [0.2, 0.25) is 5.91 Å². The third-order valence-electron chi connectivity index (χ3n) is 17.2. The van der Waals surface area contributed by atoms with Crippen LogP contribution in [0.5, 0.6) is 0 Å². The molecular formula is C75H143NO5. The van der Waals surface area contributed by atoms with Crippen LogP contribution in [0.2, 0.25) is 0 Å². The molecule has 0 aromatic heterocycles. The zero-order chi connectivity index (χ0) is 58.5. The molecule has 0 radical (unpaired) electrons. The SMILES string of the molecule is CCCCC/C=C\C/C=C\CCCCCCCCCCCC(=O)OCCCCCCCCCCCCCCCCCCCCCCCCCCCCC(=O)NC(CO)C(O)/C=C/CCCCCCCCCCCCCCCCCCC. The highest BCUT2D eigenvalue weighted by Gasteiger charge is 2.18. The molecule has 0 bridgehead atoms. The fourth-order valence-corrected chi connectivity index (χ4v) is 11.6. The molecule has 3 N–H and O–H groups in total. The van der Waals surface area contributed by atoms with E-state index in [9.17, 15) is 19.8 Å². The Hall–Kier alpha value is -1.92. The normalized spacial score (nSPS) is 12.7. The van der Waals surface area contributed by atoms with Crippen LogP contribution >= 0.6 is 0 Å². The standard InChI is InChI=1S/C75H143NO5/c1-3-5-7-9-11-13-15-17-19-21-31-35-39-43-47-51-55-59-63-67-73(78)72(71-77)76-74(79)68-64-60-56-52-48-44-40-36-33-29-27-25-23-24-26-28-30-34-38-42-46-50-54-58-62-66-70-81-75(80)69-65-61-57-53-49-45-41-37-32-22-20-18-16-14-12-10-8-6-4-2/h12,14,18,20,63,67,72-73,77-78H,3-11,13,15-17,19,21-62,64-66,68-71H2,1-2H3,(H,76,79)/b14-12-,20-18-,67-63+. The number of carbonyl (C=O) groups excluding carboxylic acids is 2. The second-order valence-corrected chi connectivity index (χ2v) is 25.3. The zero-order valence-corrected chi connectivity index (χ0v) is 54.8. The third kappa shape index (κ3) is 67.1. The van der Waals surface area contributed by atoms with Gasteiger partial charge in [0.1, 0.15) is 0 Å². The van der Waals surface area contributed by atoms with E-state index in [2.05, 4.69) is 43.5 Å². The Morgan fingerprint density at radius 2 is 0.617 bits per heavy atom. The van der Waals surface area contributed by atoms with Crippen molar-refractivity contribution in [3.8, 4) is 0 Å². The highest BCUT2D eigenvalue weighted by molar-refractivity contribution is 5.76. The van der Waals surface area contributed by atoms with Crippen LogP contribution in [0.4, 0.5) is 0 Å². The quantitative estimate of drug-likeness (QED) is 0.0320. The number of allylic oxidation sites excluding steroid dienone is 5. The summed E-state index contributed by atoms with van der Waals surface area (Å²) in [6.07, 6.45) is 90.9. The summed E-state index contributed by atoms with van der Waals surface area (Å²) in [6.45, 7) is 4.92. The number of ether oxygens (including phenoxy) is 1. The van der Waals surface area contributed by atoms with E-state index in [1.54, 1.807) is 6.08 Å². The lowest BCUT2D eigenvalue weighted by Gasteiger charge is -2.20. The number of aliphatic hydroxyl groups is 2. The van der Waals surface area contributed by atoms with Crippen LogP contribution in [0.25, 0.3) is 0 Å². The first-order valence-corrected chi connectivity index (χ1v) is 36.8. The monoisotopic (exact) mass is 1140 g/mol. The Morgan fingerprint density at radius 3 is 0.963 bits per heavy atom. The van der Waals surface area contributed by atoms with Gasteiger partial charge in [0.15, 0.2) is 0 Å². The Kier molecular flexibility index (Phi) is 68.9. The second-order valence-electron chi connectivity index (χ2n) is 25.3. The minimum absolute atomic E-state index is 0.0137. The molecule has 0 spiro atoms. The minimum Gasteiger partial charge on any atom is -0.466 e. The summed E-state index contributed by atoms with van der Waals surface area (Å²) in [7, 11) is 0. The second kappa shape index (κ2) is 70.6. The van der Waals surface area contributed by atoms with Gasteiger partial charge < -0.3 is 20.3 Å². The van der Waals surface area contributed by atoms with Crippen LogP contribution in [-0.4, -0.2) is 47.4 Å². The molecule has 0 aliphatic rings. The molecule has 0 aromatic rings. The predicted molar refractivity (Wildman–Crippen MR) is 356 cm³/mol. The molecule has 0 heterocycles. The third-order valence-corrected chi connectivity index (χ3v) is 17.2. The van der Waals surface area contributed by atoms with Gasteiger partial charge in [-0.2, -0.15) is 0 Å². The van der Waals surface area contributed by atoms with E-state index in [1.807, 2.05) is 6.08 Å². The average molecular weight is 1140 g/mol. The van der Waals surface area contributed by atoms with E-state index in [0.717, 1.165) is 51.4 Å². The lowest BCUT2D eigenvalue weighted by atomic mass is 10.0. The molecule has 0 aromatic carbocycles. The largest absolute Gasteiger partial charge is 0.466 e. The van der Waals surface area contributed by atoms with E-state index < -0.39 is 12.1 Å². The number of rotatable bonds is 69. The summed E-state index contributed by atoms with van der Waals surface area (Å²) in [5, 5.41) is 23.2. The molecule has 81 heavy (non-hydrogen) atoms. The Balaban J connectivity index is 3.37. The number of esters is 1. The lowest BCUT2D eigenvalue weighted by molar-refractivity contribution is -0.143. The van der Waals surface area contributed by atoms with E-state index in [4.69, 9.17) is 4.74 Å². The van der Waals surface area contributed by atoms with Gasteiger partial charge in [-0.05, 0) is 64.2 Å². The minimum atomic E-state index is -0.844. The van der Waals surface area contributed by atoms with Crippen molar-refractivity contribution >= 4 is 11.9 Å². The van der Waals surface area contributed by atoms with Crippen molar-refractivity contribution < 1.29 is 24.5 Å². The summed E-state index contributed by atoms with van der Waals surface area (Å²) in [5.74, 6) is -0.0485. The maximum Gasteiger partial charge on any atom is 0.305 e. The topological polar surface area (TPSA) is 95.9 Å². The maximum absolute atomic E-state index is 12.5. The number of amides is 1. The predicted octanol–water partition coefficient (Wildman–Crippen LogP) is 23.9. The molecule has 0 aliphatic carbocycles. The first-order chi connectivity index (χ1) is 40.0. The van der Waals surface area contributed by atoms with Crippen molar-refractivity contribution in [3.63, 3.8) is 0 Å². The molecule has 6 heteroatoms. The molecule has 6 nitrogen and oxygen atoms in total. The fourth-order valence-electron chi connectivity index (χ4n) is 11.6. The van der Waals surface area contributed by atoms with Crippen LogP contribution in [0.15, 0.2) is 36.5 Å². The van der Waals surface area contributed by atoms with Gasteiger partial charge in [0.25, 0.3) is 0 Å². The zero-order valence-electron chi connectivity index (χ0n) is 54.8. The Labute approximate surface area is 506 Å². The number of hydrogen-bond acceptors (Lipinski definition) is 5.